The van der Waals surface area contributed by atoms with Gasteiger partial charge in [0.05, 0.1) is 13.2 Å². The Morgan fingerprint density at radius 3 is 1.21 bits per heavy atom. The van der Waals surface area contributed by atoms with Crippen molar-refractivity contribution >= 4 is 66.5 Å². The molecule has 2 aliphatic carbocycles. The smallest absolute Gasteiger partial charge is 0.317 e. The fourth-order valence-electron chi connectivity index (χ4n) is 6.54. The van der Waals surface area contributed by atoms with Crippen molar-refractivity contribution in [2.45, 2.75) is 38.5 Å². The summed E-state index contributed by atoms with van der Waals surface area (Å²) < 4.78 is 38.5. The first kappa shape index (κ1) is 38.7. The molecule has 0 aliphatic heterocycles. The Balaban J connectivity index is 0.000000201. The molecule has 6 nitrogen and oxygen atoms in total. The zero-order valence-corrected chi connectivity index (χ0v) is 31.7. The second-order valence-corrected chi connectivity index (χ2v) is 14.2. The Labute approximate surface area is 318 Å². The average molecular weight is 835 g/mol. The molecule has 2 aliphatic rings. The summed E-state index contributed by atoms with van der Waals surface area (Å²) in [6.07, 6.45) is 3.99. The van der Waals surface area contributed by atoms with Gasteiger partial charge in [-0.25, -0.2) is 8.78 Å². The van der Waals surface area contributed by atoms with E-state index < -0.39 is 23.8 Å². The van der Waals surface area contributed by atoms with Crippen LogP contribution >= 0.6 is 31.9 Å². The third-order valence-electron chi connectivity index (χ3n) is 9.04. The quantitative estimate of drug-likeness (QED) is 0.130. The van der Waals surface area contributed by atoms with E-state index in [1.807, 2.05) is 48.5 Å². The molecule has 0 saturated carbocycles. The number of hydrogen-bond donors (Lipinski definition) is 0. The number of hydrogen-bond acceptors (Lipinski definition) is 6. The third-order valence-corrected chi connectivity index (χ3v) is 10.1. The summed E-state index contributed by atoms with van der Waals surface area (Å²) in [5.41, 5.74) is 4.94. The summed E-state index contributed by atoms with van der Waals surface area (Å²) in [5, 5.41) is 0. The van der Waals surface area contributed by atoms with Gasteiger partial charge in [-0.2, -0.15) is 0 Å². The number of benzene rings is 4. The van der Waals surface area contributed by atoms with E-state index in [1.165, 1.54) is 36.4 Å². The zero-order valence-electron chi connectivity index (χ0n) is 28.5. The van der Waals surface area contributed by atoms with Gasteiger partial charge in [0, 0.05) is 20.8 Å². The molecule has 0 spiro atoms. The van der Waals surface area contributed by atoms with Crippen molar-refractivity contribution in [3.63, 3.8) is 0 Å². The lowest BCUT2D eigenvalue weighted by molar-refractivity contribution is -0.153. The number of ether oxygens (including phenoxy) is 2. The van der Waals surface area contributed by atoms with Crippen LogP contribution in [-0.2, 0) is 28.7 Å². The van der Waals surface area contributed by atoms with Gasteiger partial charge in [0.25, 0.3) is 0 Å². The van der Waals surface area contributed by atoms with Gasteiger partial charge in [0.1, 0.15) is 23.5 Å². The first-order valence-corrected chi connectivity index (χ1v) is 18.4. The summed E-state index contributed by atoms with van der Waals surface area (Å²) in [6.45, 7) is 3.90. The Hall–Kier alpha value is -4.54. The van der Waals surface area contributed by atoms with Crippen LogP contribution in [0.4, 0.5) is 8.78 Å². The maximum atomic E-state index is 13.2. The highest BCUT2D eigenvalue weighted by Crippen LogP contribution is 2.42. The number of carbonyl (C=O) groups excluding carboxylic acids is 4. The number of carbonyl (C=O) groups is 4. The Bertz CT molecular complexity index is 1830. The van der Waals surface area contributed by atoms with Gasteiger partial charge >= 0.3 is 11.9 Å². The molecule has 0 unspecified atom stereocenters. The number of halogens is 4. The molecule has 4 atom stereocenters. The largest absolute Gasteiger partial charge is 0.465 e. The SMILES string of the molecule is CCOC(=O)[C@@H]1C(=O)C=C(c2ccc(F)cc2)C[C@H]1c1ccc(Br)cc1.CCOC(=O)[C@H]1C(=O)C=C(c2ccc(F)cc2)C[C@H]1c1ccc(Br)cc1. The predicted molar refractivity (Wildman–Crippen MR) is 202 cm³/mol. The van der Waals surface area contributed by atoms with Crippen molar-refractivity contribution in [3.05, 3.63) is 152 Å². The van der Waals surface area contributed by atoms with E-state index in [9.17, 15) is 28.0 Å². The minimum Gasteiger partial charge on any atom is -0.465 e. The van der Waals surface area contributed by atoms with Crippen LogP contribution in [0.15, 0.2) is 118 Å². The van der Waals surface area contributed by atoms with E-state index >= 15 is 0 Å². The minimum absolute atomic E-state index is 0.226. The van der Waals surface area contributed by atoms with E-state index in [0.717, 1.165) is 42.3 Å². The van der Waals surface area contributed by atoms with Gasteiger partial charge in [0.2, 0.25) is 0 Å². The standard InChI is InChI=1S/2C21H18BrFO3/c2*1-2-26-21(25)20-18(14-3-7-16(22)8-4-14)11-15(12-19(20)24)13-5-9-17(23)10-6-13/h2*3-10,12,18,20H,2,11H2,1H3/t18-,20+;18-,20-/m00/s1. The van der Waals surface area contributed by atoms with Crippen LogP contribution in [0.1, 0.15) is 60.8 Å². The summed E-state index contributed by atoms with van der Waals surface area (Å²) in [7, 11) is 0. The first-order chi connectivity index (χ1) is 25.0. The second-order valence-electron chi connectivity index (χ2n) is 12.3. The van der Waals surface area contributed by atoms with Gasteiger partial charge in [-0.3, -0.25) is 19.2 Å². The molecular formula is C42H36Br2F2O6. The summed E-state index contributed by atoms with van der Waals surface area (Å²) in [4.78, 5) is 50.3. The van der Waals surface area contributed by atoms with Crippen LogP contribution in [-0.4, -0.2) is 36.7 Å². The topological polar surface area (TPSA) is 86.7 Å². The van der Waals surface area contributed by atoms with Crippen LogP contribution in [0.5, 0.6) is 0 Å². The molecule has 0 heterocycles. The highest BCUT2D eigenvalue weighted by atomic mass is 79.9. The summed E-state index contributed by atoms with van der Waals surface area (Å²) in [6, 6.07) is 27.2. The Kier molecular flexibility index (Phi) is 13.2. The molecule has 0 bridgehead atoms. The van der Waals surface area contributed by atoms with E-state index in [0.29, 0.717) is 12.8 Å². The van der Waals surface area contributed by atoms with Gasteiger partial charge in [-0.15, -0.1) is 0 Å². The van der Waals surface area contributed by atoms with Crippen molar-refractivity contribution < 1.29 is 37.4 Å². The van der Waals surface area contributed by atoms with Crippen molar-refractivity contribution in [1.82, 2.24) is 0 Å². The van der Waals surface area contributed by atoms with E-state index in [2.05, 4.69) is 31.9 Å². The molecule has 4 aromatic carbocycles. The maximum Gasteiger partial charge on any atom is 0.317 e. The number of ketones is 2. The number of esters is 2. The average Bonchev–Trinajstić information content (AvgIpc) is 3.12. The molecule has 52 heavy (non-hydrogen) atoms. The van der Waals surface area contributed by atoms with Gasteiger partial charge in [-0.1, -0.05) is 80.4 Å². The van der Waals surface area contributed by atoms with Crippen molar-refractivity contribution in [2.75, 3.05) is 13.2 Å². The molecule has 0 aromatic heterocycles. The van der Waals surface area contributed by atoms with Crippen LogP contribution in [0, 0.1) is 23.5 Å². The minimum atomic E-state index is -0.861. The fraction of sp³-hybridized carbons (Fsp3) is 0.238. The van der Waals surface area contributed by atoms with Crippen molar-refractivity contribution in [1.29, 1.82) is 0 Å². The van der Waals surface area contributed by atoms with Crippen LogP contribution in [0.25, 0.3) is 11.1 Å². The second kappa shape index (κ2) is 17.8. The summed E-state index contributed by atoms with van der Waals surface area (Å²) in [5.74, 6) is -4.57. The molecule has 0 radical (unpaired) electrons. The molecule has 6 rings (SSSR count). The number of rotatable bonds is 8. The van der Waals surface area contributed by atoms with E-state index in [1.54, 1.807) is 38.1 Å². The lowest BCUT2D eigenvalue weighted by Crippen LogP contribution is -2.34. The van der Waals surface area contributed by atoms with Crippen LogP contribution in [0.2, 0.25) is 0 Å². The van der Waals surface area contributed by atoms with Crippen molar-refractivity contribution in [3.8, 4) is 0 Å². The number of allylic oxidation sites excluding steroid dienone is 4. The highest BCUT2D eigenvalue weighted by Gasteiger charge is 2.41. The molecule has 4 aromatic rings. The van der Waals surface area contributed by atoms with Gasteiger partial charge in [0.15, 0.2) is 11.6 Å². The van der Waals surface area contributed by atoms with Gasteiger partial charge < -0.3 is 9.47 Å². The maximum absolute atomic E-state index is 13.2. The van der Waals surface area contributed by atoms with Gasteiger partial charge in [-0.05, 0) is 121 Å². The fourth-order valence-corrected chi connectivity index (χ4v) is 7.07. The van der Waals surface area contributed by atoms with Crippen molar-refractivity contribution in [2.24, 2.45) is 11.8 Å². The Morgan fingerprint density at radius 2 is 0.904 bits per heavy atom. The lowest BCUT2D eigenvalue weighted by atomic mass is 9.73. The molecule has 0 N–H and O–H groups in total. The predicted octanol–water partition coefficient (Wildman–Crippen LogP) is 9.81. The monoisotopic (exact) mass is 832 g/mol. The van der Waals surface area contributed by atoms with Crippen LogP contribution in [0.3, 0.4) is 0 Å². The highest BCUT2D eigenvalue weighted by molar-refractivity contribution is 9.10. The molecule has 268 valence electrons. The molecule has 0 fully saturated rings. The Morgan fingerprint density at radius 1 is 0.577 bits per heavy atom. The lowest BCUT2D eigenvalue weighted by Gasteiger charge is -2.29. The van der Waals surface area contributed by atoms with E-state index in [-0.39, 0.29) is 48.3 Å². The summed E-state index contributed by atoms with van der Waals surface area (Å²) >= 11 is 6.80. The normalized spacial score (nSPS) is 19.8. The molecule has 10 heteroatoms. The molecular weight excluding hydrogens is 798 g/mol. The van der Waals surface area contributed by atoms with Crippen LogP contribution < -0.4 is 0 Å². The van der Waals surface area contributed by atoms with E-state index in [4.69, 9.17) is 9.47 Å². The molecule has 0 saturated heterocycles. The third kappa shape index (κ3) is 9.46. The molecule has 0 amide bonds. The first-order valence-electron chi connectivity index (χ1n) is 16.8. The zero-order chi connectivity index (χ0) is 37.4.